The van der Waals surface area contributed by atoms with Gasteiger partial charge in [-0.05, 0) is 40.5 Å². The van der Waals surface area contributed by atoms with Gasteiger partial charge in [-0.25, -0.2) is 0 Å². The van der Waals surface area contributed by atoms with Crippen LogP contribution in [-0.4, -0.2) is 18.2 Å². The highest BCUT2D eigenvalue weighted by Crippen LogP contribution is 2.34. The summed E-state index contributed by atoms with van der Waals surface area (Å²) < 4.78 is 0.789. The Morgan fingerprint density at radius 1 is 1.46 bits per heavy atom. The third kappa shape index (κ3) is 1.71. The fourth-order valence-corrected chi connectivity index (χ4v) is 2.16. The van der Waals surface area contributed by atoms with E-state index in [1.54, 1.807) is 0 Å². The zero-order chi connectivity index (χ0) is 9.26. The lowest BCUT2D eigenvalue weighted by molar-refractivity contribution is 0.459. The first-order valence-corrected chi connectivity index (χ1v) is 5.26. The number of benzene rings is 1. The van der Waals surface area contributed by atoms with Crippen LogP contribution in [0.25, 0.3) is 0 Å². The van der Waals surface area contributed by atoms with Crippen molar-refractivity contribution in [3.8, 4) is 5.75 Å². The summed E-state index contributed by atoms with van der Waals surface area (Å²) in [4.78, 5) is 0. The molecule has 0 aliphatic carbocycles. The maximum absolute atomic E-state index is 9.78. The zero-order valence-electron chi connectivity index (χ0n) is 7.26. The van der Waals surface area contributed by atoms with Gasteiger partial charge in [0, 0.05) is 12.5 Å². The van der Waals surface area contributed by atoms with Gasteiger partial charge in [0.2, 0.25) is 0 Å². The maximum Gasteiger partial charge on any atom is 0.133 e. The third-order valence-corrected chi connectivity index (χ3v) is 3.16. The second kappa shape index (κ2) is 3.68. The van der Waals surface area contributed by atoms with Crippen LogP contribution in [-0.2, 0) is 0 Å². The van der Waals surface area contributed by atoms with Gasteiger partial charge in [0.05, 0.1) is 4.47 Å². The highest BCUT2D eigenvalue weighted by Gasteiger charge is 2.20. The summed E-state index contributed by atoms with van der Waals surface area (Å²) >= 11 is 3.32. The predicted octanol–water partition coefficient (Wildman–Crippen LogP) is 2.23. The van der Waals surface area contributed by atoms with Crippen molar-refractivity contribution in [1.82, 2.24) is 5.32 Å². The Labute approximate surface area is 86.1 Å². The van der Waals surface area contributed by atoms with E-state index in [-0.39, 0.29) is 0 Å². The lowest BCUT2D eigenvalue weighted by Gasteiger charge is -2.11. The van der Waals surface area contributed by atoms with Crippen molar-refractivity contribution in [2.45, 2.75) is 12.3 Å². The van der Waals surface area contributed by atoms with Gasteiger partial charge in [0.25, 0.3) is 0 Å². The van der Waals surface area contributed by atoms with Crippen LogP contribution >= 0.6 is 15.9 Å². The summed E-state index contributed by atoms with van der Waals surface area (Å²) in [6.45, 7) is 2.03. The first-order chi connectivity index (χ1) is 6.29. The van der Waals surface area contributed by atoms with E-state index in [1.807, 2.05) is 18.2 Å². The highest BCUT2D eigenvalue weighted by atomic mass is 79.9. The normalized spacial score (nSPS) is 22.1. The Kier molecular flexibility index (Phi) is 2.56. The molecule has 2 rings (SSSR count). The van der Waals surface area contributed by atoms with Crippen LogP contribution < -0.4 is 5.32 Å². The van der Waals surface area contributed by atoms with Crippen LogP contribution in [0.3, 0.4) is 0 Å². The first-order valence-electron chi connectivity index (χ1n) is 4.47. The van der Waals surface area contributed by atoms with Crippen molar-refractivity contribution in [2.24, 2.45) is 0 Å². The molecule has 1 unspecified atom stereocenters. The summed E-state index contributed by atoms with van der Waals surface area (Å²) in [5.41, 5.74) is 1.05. The molecule has 1 aliphatic rings. The molecule has 1 heterocycles. The smallest absolute Gasteiger partial charge is 0.133 e. The molecule has 0 amide bonds. The van der Waals surface area contributed by atoms with Crippen LogP contribution in [0.1, 0.15) is 17.9 Å². The van der Waals surface area contributed by atoms with Gasteiger partial charge in [-0.2, -0.15) is 0 Å². The van der Waals surface area contributed by atoms with Gasteiger partial charge in [0.1, 0.15) is 5.75 Å². The molecule has 3 heteroatoms. The molecule has 1 saturated heterocycles. The lowest BCUT2D eigenvalue weighted by atomic mass is 9.98. The number of hydrogen-bond donors (Lipinski definition) is 2. The molecule has 0 radical (unpaired) electrons. The molecule has 1 aromatic rings. The average molecular weight is 242 g/mol. The van der Waals surface area contributed by atoms with Crippen LogP contribution in [0.4, 0.5) is 0 Å². The van der Waals surface area contributed by atoms with E-state index in [4.69, 9.17) is 0 Å². The summed E-state index contributed by atoms with van der Waals surface area (Å²) in [6, 6.07) is 5.83. The van der Waals surface area contributed by atoms with E-state index in [2.05, 4.69) is 21.2 Å². The van der Waals surface area contributed by atoms with Crippen LogP contribution in [0.15, 0.2) is 22.7 Å². The minimum atomic E-state index is 0.399. The van der Waals surface area contributed by atoms with E-state index in [9.17, 15) is 5.11 Å². The van der Waals surface area contributed by atoms with Crippen molar-refractivity contribution >= 4 is 15.9 Å². The second-order valence-electron chi connectivity index (χ2n) is 3.37. The Morgan fingerprint density at radius 3 is 3.00 bits per heavy atom. The van der Waals surface area contributed by atoms with Gasteiger partial charge in [-0.1, -0.05) is 12.1 Å². The van der Waals surface area contributed by atoms with E-state index in [0.717, 1.165) is 29.5 Å². The summed E-state index contributed by atoms with van der Waals surface area (Å²) in [5.74, 6) is 0.869. The number of phenolic OH excluding ortho intramolecular Hbond substituents is 1. The molecular formula is C10H12BrNO. The van der Waals surface area contributed by atoms with E-state index in [1.165, 1.54) is 0 Å². The Bertz CT molecular complexity index is 308. The number of halogens is 1. The largest absolute Gasteiger partial charge is 0.506 e. The maximum atomic E-state index is 9.78. The van der Waals surface area contributed by atoms with E-state index >= 15 is 0 Å². The molecule has 0 spiro atoms. The molecule has 0 aromatic heterocycles. The van der Waals surface area contributed by atoms with Gasteiger partial charge < -0.3 is 10.4 Å². The highest BCUT2D eigenvalue weighted by molar-refractivity contribution is 9.10. The minimum Gasteiger partial charge on any atom is -0.506 e. The van der Waals surface area contributed by atoms with Gasteiger partial charge in [-0.3, -0.25) is 0 Å². The average Bonchev–Trinajstić information content (AvgIpc) is 2.62. The molecule has 1 aliphatic heterocycles. The summed E-state index contributed by atoms with van der Waals surface area (Å²) in [6.07, 6.45) is 1.12. The second-order valence-corrected chi connectivity index (χ2v) is 4.22. The summed E-state index contributed by atoms with van der Waals surface area (Å²) in [5, 5.41) is 13.1. The van der Waals surface area contributed by atoms with Crippen molar-refractivity contribution in [1.29, 1.82) is 0 Å². The number of phenols is 1. The fraction of sp³-hybridized carbons (Fsp3) is 0.400. The van der Waals surface area contributed by atoms with E-state index in [0.29, 0.717) is 11.7 Å². The molecule has 2 nitrogen and oxygen atoms in total. The number of para-hydroxylation sites is 1. The molecular weight excluding hydrogens is 230 g/mol. The summed E-state index contributed by atoms with van der Waals surface area (Å²) in [7, 11) is 0. The molecule has 70 valence electrons. The number of nitrogens with one attached hydrogen (secondary N) is 1. The molecule has 13 heavy (non-hydrogen) atoms. The van der Waals surface area contributed by atoms with Crippen molar-refractivity contribution < 1.29 is 5.11 Å². The van der Waals surface area contributed by atoms with Gasteiger partial charge >= 0.3 is 0 Å². The number of aromatic hydroxyl groups is 1. The van der Waals surface area contributed by atoms with Crippen molar-refractivity contribution in [3.63, 3.8) is 0 Å². The fourth-order valence-electron chi connectivity index (χ4n) is 1.78. The zero-order valence-corrected chi connectivity index (χ0v) is 8.84. The first kappa shape index (κ1) is 9.03. The monoisotopic (exact) mass is 241 g/mol. The number of rotatable bonds is 1. The van der Waals surface area contributed by atoms with Crippen LogP contribution in [0.5, 0.6) is 5.75 Å². The Balaban J connectivity index is 2.33. The van der Waals surface area contributed by atoms with E-state index < -0.39 is 0 Å². The lowest BCUT2D eigenvalue weighted by Crippen LogP contribution is -2.08. The molecule has 1 atom stereocenters. The molecule has 0 saturated carbocycles. The predicted molar refractivity (Wildman–Crippen MR) is 56.0 cm³/mol. The van der Waals surface area contributed by atoms with Crippen LogP contribution in [0, 0.1) is 0 Å². The standard InChI is InChI=1S/C10H12BrNO/c11-9-3-1-2-8(10(9)13)7-4-5-12-6-7/h1-3,7,12-13H,4-6H2. The SMILES string of the molecule is Oc1c(Br)cccc1C1CCNC1. The molecule has 1 fully saturated rings. The number of hydrogen-bond acceptors (Lipinski definition) is 2. The quantitative estimate of drug-likeness (QED) is 0.791. The minimum absolute atomic E-state index is 0.399. The van der Waals surface area contributed by atoms with Gasteiger partial charge in [-0.15, -0.1) is 0 Å². The Morgan fingerprint density at radius 2 is 2.31 bits per heavy atom. The van der Waals surface area contributed by atoms with Crippen molar-refractivity contribution in [3.05, 3.63) is 28.2 Å². The topological polar surface area (TPSA) is 32.3 Å². The molecule has 2 N–H and O–H groups in total. The third-order valence-electron chi connectivity index (χ3n) is 2.52. The van der Waals surface area contributed by atoms with Crippen LogP contribution in [0.2, 0.25) is 0 Å². The Hall–Kier alpha value is -0.540. The van der Waals surface area contributed by atoms with Crippen molar-refractivity contribution in [2.75, 3.05) is 13.1 Å². The van der Waals surface area contributed by atoms with Gasteiger partial charge in [0.15, 0.2) is 0 Å². The molecule has 0 bridgehead atoms. The molecule has 1 aromatic carbocycles.